The first-order valence-electron chi connectivity index (χ1n) is 5.36. The maximum atomic E-state index is 12.0. The van der Waals surface area contributed by atoms with E-state index in [1.165, 1.54) is 23.5 Å². The molecule has 1 N–H and O–H groups in total. The second kappa shape index (κ2) is 5.42. The Morgan fingerprint density at radius 2 is 2.05 bits per heavy atom. The molecule has 0 saturated carbocycles. The molecule has 0 saturated heterocycles. The van der Waals surface area contributed by atoms with Crippen LogP contribution in [0.2, 0.25) is 5.02 Å². The van der Waals surface area contributed by atoms with Crippen LogP contribution in [-0.2, 0) is 0 Å². The summed E-state index contributed by atoms with van der Waals surface area (Å²) in [6.07, 6.45) is 0. The molecule has 0 atom stereocenters. The van der Waals surface area contributed by atoms with E-state index >= 15 is 0 Å². The van der Waals surface area contributed by atoms with Gasteiger partial charge < -0.3 is 15.2 Å². The number of aromatic carboxylic acids is 1. The van der Waals surface area contributed by atoms with E-state index in [0.717, 1.165) is 4.88 Å². The number of thiophene rings is 1. The summed E-state index contributed by atoms with van der Waals surface area (Å²) in [5, 5.41) is 14.2. The number of aryl methyl sites for hydroxylation is 1. The van der Waals surface area contributed by atoms with Crippen LogP contribution in [0, 0.1) is 6.92 Å². The lowest BCUT2D eigenvalue weighted by atomic mass is 10.2. The monoisotopic (exact) mass is 294 g/mol. The number of carboxylic acids is 1. The first kappa shape index (κ1) is 13.6. The van der Waals surface area contributed by atoms with Crippen LogP contribution in [0.4, 0.5) is 5.00 Å². The van der Waals surface area contributed by atoms with Gasteiger partial charge in [-0.1, -0.05) is 17.7 Å². The van der Waals surface area contributed by atoms with Crippen molar-refractivity contribution < 1.29 is 14.7 Å². The Balaban J connectivity index is 2.26. The number of carboxylic acid groups (broad SMARTS) is 1. The topological polar surface area (TPSA) is 69.2 Å². The highest BCUT2D eigenvalue weighted by Gasteiger charge is 2.12. The Bertz CT molecular complexity index is 651. The largest absolute Gasteiger partial charge is 0.545 e. The Kier molecular flexibility index (Phi) is 3.87. The lowest BCUT2D eigenvalue weighted by molar-refractivity contribution is -0.254. The molecule has 2 aromatic rings. The van der Waals surface area contributed by atoms with E-state index < -0.39 is 11.9 Å². The van der Waals surface area contributed by atoms with Crippen molar-refractivity contribution in [3.8, 4) is 0 Å². The summed E-state index contributed by atoms with van der Waals surface area (Å²) in [5.74, 6) is -1.72. The van der Waals surface area contributed by atoms with Crippen LogP contribution < -0.4 is 10.4 Å². The second-order valence-corrected chi connectivity index (χ2v) is 5.54. The van der Waals surface area contributed by atoms with Crippen LogP contribution in [0.25, 0.3) is 0 Å². The molecule has 1 amide bonds. The molecule has 0 fully saturated rings. The molecule has 0 aliphatic heterocycles. The SMILES string of the molecule is Cc1cc(C(=O)[O-])c(NC(=O)c2cccc(Cl)c2)s1. The third-order valence-corrected chi connectivity index (χ3v) is 3.59. The van der Waals surface area contributed by atoms with Gasteiger partial charge in [0.15, 0.2) is 0 Å². The average molecular weight is 295 g/mol. The lowest BCUT2D eigenvalue weighted by Crippen LogP contribution is -2.23. The number of benzene rings is 1. The summed E-state index contributed by atoms with van der Waals surface area (Å²) < 4.78 is 0. The molecule has 4 nitrogen and oxygen atoms in total. The predicted molar refractivity (Wildman–Crippen MR) is 72.8 cm³/mol. The minimum Gasteiger partial charge on any atom is -0.545 e. The molecule has 0 aliphatic carbocycles. The van der Waals surface area contributed by atoms with Crippen molar-refractivity contribution in [1.29, 1.82) is 0 Å². The highest BCUT2D eigenvalue weighted by Crippen LogP contribution is 2.27. The van der Waals surface area contributed by atoms with Crippen LogP contribution in [0.15, 0.2) is 30.3 Å². The van der Waals surface area contributed by atoms with E-state index in [1.807, 2.05) is 0 Å². The molecule has 0 radical (unpaired) electrons. The fourth-order valence-electron chi connectivity index (χ4n) is 1.56. The summed E-state index contributed by atoms with van der Waals surface area (Å²) in [6.45, 7) is 1.76. The molecular formula is C13H9ClNO3S-. The normalized spacial score (nSPS) is 10.2. The minimum atomic E-state index is -1.31. The average Bonchev–Trinajstić information content (AvgIpc) is 2.70. The number of nitrogens with one attached hydrogen (secondary N) is 1. The molecule has 1 aromatic heterocycles. The Labute approximate surface area is 118 Å². The predicted octanol–water partition coefficient (Wildman–Crippen LogP) is 2.33. The molecule has 19 heavy (non-hydrogen) atoms. The zero-order valence-electron chi connectivity index (χ0n) is 9.90. The zero-order valence-corrected chi connectivity index (χ0v) is 11.5. The van der Waals surface area contributed by atoms with E-state index in [-0.39, 0.29) is 10.6 Å². The maximum absolute atomic E-state index is 12.0. The highest BCUT2D eigenvalue weighted by molar-refractivity contribution is 7.16. The Morgan fingerprint density at radius 1 is 1.32 bits per heavy atom. The van der Waals surface area contributed by atoms with E-state index in [0.29, 0.717) is 10.6 Å². The standard InChI is InChI=1S/C13H10ClNO3S/c1-7-5-10(13(17)18)12(19-7)15-11(16)8-3-2-4-9(14)6-8/h2-6H,1H3,(H,15,16)(H,17,18)/p-1. The van der Waals surface area contributed by atoms with E-state index in [2.05, 4.69) is 5.32 Å². The molecule has 98 valence electrons. The van der Waals surface area contributed by atoms with Gasteiger partial charge in [-0.2, -0.15) is 0 Å². The highest BCUT2D eigenvalue weighted by atomic mass is 35.5. The number of carbonyl (C=O) groups excluding carboxylic acids is 2. The van der Waals surface area contributed by atoms with Crippen LogP contribution in [-0.4, -0.2) is 11.9 Å². The molecule has 0 bridgehead atoms. The van der Waals surface area contributed by atoms with Crippen molar-refractivity contribution >= 4 is 39.8 Å². The van der Waals surface area contributed by atoms with Crippen molar-refractivity contribution in [3.05, 3.63) is 51.4 Å². The number of anilines is 1. The van der Waals surface area contributed by atoms with Crippen LogP contribution in [0.5, 0.6) is 0 Å². The van der Waals surface area contributed by atoms with Crippen molar-refractivity contribution in [2.45, 2.75) is 6.92 Å². The van der Waals surface area contributed by atoms with Gasteiger partial charge in [-0.3, -0.25) is 4.79 Å². The zero-order chi connectivity index (χ0) is 14.0. The fourth-order valence-corrected chi connectivity index (χ4v) is 2.65. The lowest BCUT2D eigenvalue weighted by Gasteiger charge is -2.07. The molecule has 0 unspecified atom stereocenters. The number of halogens is 1. The summed E-state index contributed by atoms with van der Waals surface area (Å²) in [5.41, 5.74) is 0.348. The van der Waals surface area contributed by atoms with Crippen molar-refractivity contribution in [2.24, 2.45) is 0 Å². The van der Waals surface area contributed by atoms with E-state index in [1.54, 1.807) is 25.1 Å². The fraction of sp³-hybridized carbons (Fsp3) is 0.0769. The Morgan fingerprint density at radius 3 is 2.68 bits per heavy atom. The third kappa shape index (κ3) is 3.13. The Hall–Kier alpha value is -1.85. The second-order valence-electron chi connectivity index (χ2n) is 3.85. The van der Waals surface area contributed by atoms with Gasteiger partial charge >= 0.3 is 0 Å². The van der Waals surface area contributed by atoms with Gasteiger partial charge in [0.05, 0.1) is 5.97 Å². The summed E-state index contributed by atoms with van der Waals surface area (Å²) in [6, 6.07) is 7.88. The summed E-state index contributed by atoms with van der Waals surface area (Å²) in [7, 11) is 0. The van der Waals surface area contributed by atoms with Gasteiger partial charge in [0, 0.05) is 21.0 Å². The van der Waals surface area contributed by atoms with Crippen LogP contribution in [0.1, 0.15) is 25.6 Å². The molecule has 6 heteroatoms. The van der Waals surface area contributed by atoms with Crippen LogP contribution in [0.3, 0.4) is 0 Å². The number of hydrogen-bond acceptors (Lipinski definition) is 4. The van der Waals surface area contributed by atoms with Crippen molar-refractivity contribution in [2.75, 3.05) is 5.32 Å². The number of rotatable bonds is 3. The van der Waals surface area contributed by atoms with Crippen LogP contribution >= 0.6 is 22.9 Å². The third-order valence-electron chi connectivity index (χ3n) is 2.39. The number of hydrogen-bond donors (Lipinski definition) is 1. The van der Waals surface area contributed by atoms with Gasteiger partial charge in [0.1, 0.15) is 5.00 Å². The molecule has 0 spiro atoms. The molecule has 0 aliphatic rings. The van der Waals surface area contributed by atoms with Gasteiger partial charge in [0.2, 0.25) is 0 Å². The first-order chi connectivity index (χ1) is 8.97. The minimum absolute atomic E-state index is 0.0159. The van der Waals surface area contributed by atoms with Crippen molar-refractivity contribution in [1.82, 2.24) is 0 Å². The molecule has 2 rings (SSSR count). The summed E-state index contributed by atoms with van der Waals surface area (Å²) in [4.78, 5) is 23.7. The molecular weight excluding hydrogens is 286 g/mol. The van der Waals surface area contributed by atoms with Gasteiger partial charge in [-0.25, -0.2) is 0 Å². The van der Waals surface area contributed by atoms with E-state index in [4.69, 9.17) is 11.6 Å². The van der Waals surface area contributed by atoms with Gasteiger partial charge in [0.25, 0.3) is 5.91 Å². The van der Waals surface area contributed by atoms with E-state index in [9.17, 15) is 14.7 Å². The summed E-state index contributed by atoms with van der Waals surface area (Å²) >= 11 is 6.98. The first-order valence-corrected chi connectivity index (χ1v) is 6.55. The number of carbonyl (C=O) groups is 2. The quantitative estimate of drug-likeness (QED) is 0.944. The van der Waals surface area contributed by atoms with Gasteiger partial charge in [-0.05, 0) is 31.2 Å². The maximum Gasteiger partial charge on any atom is 0.256 e. The molecule has 1 aromatic carbocycles. The smallest absolute Gasteiger partial charge is 0.256 e. The van der Waals surface area contributed by atoms with Gasteiger partial charge in [-0.15, -0.1) is 11.3 Å². The van der Waals surface area contributed by atoms with Crippen molar-refractivity contribution in [3.63, 3.8) is 0 Å². The molecule has 1 heterocycles. The number of amides is 1.